The Bertz CT molecular complexity index is 130. The van der Waals surface area contributed by atoms with Crippen LogP contribution in [0.3, 0.4) is 0 Å². The summed E-state index contributed by atoms with van der Waals surface area (Å²) in [6.07, 6.45) is -0.290. The highest BCUT2D eigenvalue weighted by Crippen LogP contribution is 1.89. The maximum Gasteiger partial charge on any atom is 0.317 e. The summed E-state index contributed by atoms with van der Waals surface area (Å²) < 4.78 is 9.04. The van der Waals surface area contributed by atoms with Gasteiger partial charge < -0.3 is 9.47 Å². The highest BCUT2D eigenvalue weighted by atomic mass is 24.3. The van der Waals surface area contributed by atoms with E-state index in [9.17, 15) is 9.59 Å². The molecule has 0 rings (SSSR count). The molecule has 0 aliphatic carbocycles. The zero-order chi connectivity index (χ0) is 8.69. The van der Waals surface area contributed by atoms with Crippen LogP contribution < -0.4 is 0 Å². The number of hydrogen-bond acceptors (Lipinski definition) is 4. The van der Waals surface area contributed by atoms with Gasteiger partial charge >= 0.3 is 35.0 Å². The summed E-state index contributed by atoms with van der Waals surface area (Å²) in [5.41, 5.74) is 0. The van der Waals surface area contributed by atoms with E-state index in [1.165, 1.54) is 0 Å². The summed E-state index contributed by atoms with van der Waals surface area (Å²) in [6, 6.07) is 0. The quantitative estimate of drug-likeness (QED) is 0.340. The number of esters is 2. The third kappa shape index (κ3) is 7.81. The summed E-state index contributed by atoms with van der Waals surface area (Å²) in [6.45, 7) is 3.95. The van der Waals surface area contributed by atoms with E-state index in [0.717, 1.165) is 0 Å². The van der Waals surface area contributed by atoms with Crippen LogP contribution in [0.4, 0.5) is 0 Å². The van der Waals surface area contributed by atoms with Crippen molar-refractivity contribution in [3.8, 4) is 0 Å². The Morgan fingerprint density at radius 2 is 1.33 bits per heavy atom. The summed E-state index contributed by atoms with van der Waals surface area (Å²) in [5, 5.41) is 0. The SMILES string of the molecule is CCOC(=O)CC(=O)OCC.[MgH2]. The molecule has 0 aromatic carbocycles. The average Bonchev–Trinajstić information content (AvgIpc) is 1.87. The van der Waals surface area contributed by atoms with Crippen LogP contribution in [0.1, 0.15) is 20.3 Å². The van der Waals surface area contributed by atoms with E-state index in [0.29, 0.717) is 0 Å². The first kappa shape index (κ1) is 14.2. The van der Waals surface area contributed by atoms with Gasteiger partial charge in [0.15, 0.2) is 0 Å². The number of hydrogen-bond donors (Lipinski definition) is 0. The van der Waals surface area contributed by atoms with Crippen LogP contribution in [0.2, 0.25) is 0 Å². The average molecular weight is 186 g/mol. The van der Waals surface area contributed by atoms with Crippen molar-refractivity contribution in [2.45, 2.75) is 20.3 Å². The van der Waals surface area contributed by atoms with Gasteiger partial charge in [-0.25, -0.2) is 0 Å². The molecule has 0 aromatic heterocycles. The number of carbonyl (C=O) groups excluding carboxylic acids is 2. The molecular formula is C7H14MgO4. The van der Waals surface area contributed by atoms with Crippen LogP contribution >= 0.6 is 0 Å². The first-order valence-corrected chi connectivity index (χ1v) is 3.52. The summed E-state index contributed by atoms with van der Waals surface area (Å²) >= 11 is 0. The van der Waals surface area contributed by atoms with Gasteiger partial charge in [-0.3, -0.25) is 9.59 Å². The van der Waals surface area contributed by atoms with E-state index in [-0.39, 0.29) is 42.7 Å². The highest BCUT2D eigenvalue weighted by molar-refractivity contribution is 5.91. The van der Waals surface area contributed by atoms with Crippen molar-refractivity contribution >= 4 is 35.0 Å². The third-order valence-corrected chi connectivity index (χ3v) is 0.899. The Hall–Kier alpha value is -0.294. The minimum absolute atomic E-state index is 0. The molecule has 0 atom stereocenters. The fraction of sp³-hybridized carbons (Fsp3) is 0.714. The van der Waals surface area contributed by atoms with Gasteiger partial charge in [0.05, 0.1) is 13.2 Å². The third-order valence-electron chi connectivity index (χ3n) is 0.899. The molecule has 0 spiro atoms. The van der Waals surface area contributed by atoms with Gasteiger partial charge in [-0.15, -0.1) is 0 Å². The topological polar surface area (TPSA) is 52.6 Å². The number of carbonyl (C=O) groups is 2. The standard InChI is InChI=1S/C7H12O4.Mg.2H/c1-3-10-6(8)5-7(9)11-4-2;;;/h3-5H2,1-2H3;;;. The number of rotatable bonds is 4. The van der Waals surface area contributed by atoms with Crippen LogP contribution in [0.15, 0.2) is 0 Å². The second-order valence-corrected chi connectivity index (χ2v) is 1.79. The second kappa shape index (κ2) is 8.80. The minimum atomic E-state index is -0.536. The number of ether oxygens (including phenoxy) is 2. The van der Waals surface area contributed by atoms with Crippen molar-refractivity contribution < 1.29 is 19.1 Å². The van der Waals surface area contributed by atoms with Gasteiger partial charge in [0.1, 0.15) is 6.42 Å². The Morgan fingerprint density at radius 1 is 1.00 bits per heavy atom. The normalized spacial score (nSPS) is 8.17. The molecule has 0 radical (unpaired) electrons. The molecule has 0 aliphatic heterocycles. The molecule has 0 N–H and O–H groups in total. The summed E-state index contributed by atoms with van der Waals surface area (Å²) in [7, 11) is 0. The molecule has 5 heteroatoms. The lowest BCUT2D eigenvalue weighted by atomic mass is 10.4. The molecule has 0 heterocycles. The monoisotopic (exact) mass is 186 g/mol. The lowest BCUT2D eigenvalue weighted by molar-refractivity contribution is -0.153. The van der Waals surface area contributed by atoms with Gasteiger partial charge in [-0.05, 0) is 13.8 Å². The molecule has 0 amide bonds. The van der Waals surface area contributed by atoms with Crippen molar-refractivity contribution in [3.63, 3.8) is 0 Å². The molecule has 0 fully saturated rings. The largest absolute Gasteiger partial charge is 0.466 e. The Labute approximate surface area is 87.7 Å². The molecular weight excluding hydrogens is 172 g/mol. The van der Waals surface area contributed by atoms with Crippen LogP contribution in [0.5, 0.6) is 0 Å². The minimum Gasteiger partial charge on any atom is -0.466 e. The van der Waals surface area contributed by atoms with E-state index in [2.05, 4.69) is 9.47 Å². The van der Waals surface area contributed by atoms with Gasteiger partial charge in [-0.1, -0.05) is 0 Å². The van der Waals surface area contributed by atoms with Crippen LogP contribution in [0, 0.1) is 0 Å². The molecule has 0 bridgehead atoms. The van der Waals surface area contributed by atoms with E-state index >= 15 is 0 Å². The summed E-state index contributed by atoms with van der Waals surface area (Å²) in [4.78, 5) is 21.2. The lowest BCUT2D eigenvalue weighted by Gasteiger charge is -2.00. The first-order chi connectivity index (χ1) is 5.20. The van der Waals surface area contributed by atoms with Crippen molar-refractivity contribution in [2.75, 3.05) is 13.2 Å². The van der Waals surface area contributed by atoms with Gasteiger partial charge in [0, 0.05) is 0 Å². The molecule has 0 unspecified atom stereocenters. The van der Waals surface area contributed by atoms with Crippen LogP contribution in [-0.4, -0.2) is 48.2 Å². The van der Waals surface area contributed by atoms with E-state index in [1.54, 1.807) is 13.8 Å². The van der Waals surface area contributed by atoms with E-state index in [1.807, 2.05) is 0 Å². The molecule has 0 aromatic rings. The Kier molecular flexibility index (Phi) is 10.4. The fourth-order valence-corrected chi connectivity index (χ4v) is 0.542. The van der Waals surface area contributed by atoms with Gasteiger partial charge in [0.2, 0.25) is 0 Å². The Balaban J connectivity index is 0. The molecule has 0 saturated heterocycles. The smallest absolute Gasteiger partial charge is 0.317 e. The zero-order valence-corrected chi connectivity index (χ0v) is 6.75. The molecule has 68 valence electrons. The predicted molar refractivity (Wildman–Crippen MR) is 46.4 cm³/mol. The molecule has 12 heavy (non-hydrogen) atoms. The second-order valence-electron chi connectivity index (χ2n) is 1.79. The van der Waals surface area contributed by atoms with Gasteiger partial charge in [-0.2, -0.15) is 0 Å². The maximum atomic E-state index is 10.6. The molecule has 0 saturated carbocycles. The van der Waals surface area contributed by atoms with E-state index in [4.69, 9.17) is 0 Å². The highest BCUT2D eigenvalue weighted by Gasteiger charge is 2.09. The van der Waals surface area contributed by atoms with Gasteiger partial charge in [0.25, 0.3) is 0 Å². The zero-order valence-electron chi connectivity index (χ0n) is 6.75. The maximum absolute atomic E-state index is 10.6. The van der Waals surface area contributed by atoms with Crippen molar-refractivity contribution in [1.82, 2.24) is 0 Å². The van der Waals surface area contributed by atoms with Crippen molar-refractivity contribution in [2.24, 2.45) is 0 Å². The van der Waals surface area contributed by atoms with E-state index < -0.39 is 11.9 Å². The molecule has 4 nitrogen and oxygen atoms in total. The summed E-state index contributed by atoms with van der Waals surface area (Å²) in [5.74, 6) is -1.07. The van der Waals surface area contributed by atoms with Crippen molar-refractivity contribution in [3.05, 3.63) is 0 Å². The fourth-order valence-electron chi connectivity index (χ4n) is 0.542. The molecule has 0 aliphatic rings. The first-order valence-electron chi connectivity index (χ1n) is 3.52. The Morgan fingerprint density at radius 3 is 1.58 bits per heavy atom. The van der Waals surface area contributed by atoms with Crippen molar-refractivity contribution in [1.29, 1.82) is 0 Å². The van der Waals surface area contributed by atoms with Crippen LogP contribution in [-0.2, 0) is 19.1 Å². The predicted octanol–water partition coefficient (Wildman–Crippen LogP) is -0.413. The lowest BCUT2D eigenvalue weighted by Crippen LogP contribution is -2.13. The van der Waals surface area contributed by atoms with Crippen LogP contribution in [0.25, 0.3) is 0 Å².